The van der Waals surface area contributed by atoms with E-state index in [9.17, 15) is 13.2 Å². The van der Waals surface area contributed by atoms with Crippen molar-refractivity contribution in [3.05, 3.63) is 47.3 Å². The summed E-state index contributed by atoms with van der Waals surface area (Å²) in [4.78, 5) is 15.4. The first-order valence-electron chi connectivity index (χ1n) is 12.0. The van der Waals surface area contributed by atoms with E-state index >= 15 is 0 Å². The first-order chi connectivity index (χ1) is 15.8. The highest BCUT2D eigenvalue weighted by Crippen LogP contribution is 2.33. The highest BCUT2D eigenvalue weighted by Gasteiger charge is 2.30. The zero-order valence-electron chi connectivity index (χ0n) is 19.9. The van der Waals surface area contributed by atoms with Crippen LogP contribution in [0.3, 0.4) is 0 Å². The number of benzene rings is 1. The molecule has 1 saturated heterocycles. The summed E-state index contributed by atoms with van der Waals surface area (Å²) >= 11 is 0. The number of ether oxygens (including phenoxy) is 1. The summed E-state index contributed by atoms with van der Waals surface area (Å²) in [5, 5.41) is 0. The fourth-order valence-corrected chi connectivity index (χ4v) is 6.65. The third-order valence-electron chi connectivity index (χ3n) is 6.95. The van der Waals surface area contributed by atoms with Gasteiger partial charge in [0.15, 0.2) is 5.78 Å². The van der Waals surface area contributed by atoms with Crippen LogP contribution in [0, 0.1) is 13.8 Å². The average Bonchev–Trinajstić information content (AvgIpc) is 3.42. The molecule has 0 bridgehead atoms. The van der Waals surface area contributed by atoms with Crippen LogP contribution in [0.4, 0.5) is 0 Å². The molecule has 0 radical (unpaired) electrons. The fraction of sp³-hybridized carbons (Fsp3) is 0.560. The van der Waals surface area contributed by atoms with Gasteiger partial charge in [0, 0.05) is 49.2 Å². The summed E-state index contributed by atoms with van der Waals surface area (Å²) in [6, 6.07) is 9.11. The van der Waals surface area contributed by atoms with Crippen LogP contribution < -0.4 is 4.74 Å². The van der Waals surface area contributed by atoms with Gasteiger partial charge in [-0.25, -0.2) is 8.42 Å². The lowest BCUT2D eigenvalue weighted by Crippen LogP contribution is -2.49. The molecule has 1 aliphatic heterocycles. The summed E-state index contributed by atoms with van der Waals surface area (Å²) in [7, 11) is -3.55. The highest BCUT2D eigenvalue weighted by molar-refractivity contribution is 7.89. The molecule has 7 nitrogen and oxygen atoms in total. The molecule has 0 N–H and O–H groups in total. The van der Waals surface area contributed by atoms with E-state index in [0.29, 0.717) is 51.1 Å². The van der Waals surface area contributed by atoms with Crippen LogP contribution in [0.15, 0.2) is 35.2 Å². The molecule has 0 amide bonds. The second kappa shape index (κ2) is 9.99. The topological polar surface area (TPSA) is 71.9 Å². The molecular weight excluding hydrogens is 438 g/mol. The van der Waals surface area contributed by atoms with E-state index in [-0.39, 0.29) is 10.7 Å². The Hall–Kier alpha value is -2.16. The molecular formula is C25H35N3O4S. The lowest BCUT2D eigenvalue weighted by atomic mass is 10.1. The average molecular weight is 474 g/mol. The van der Waals surface area contributed by atoms with E-state index in [1.54, 1.807) is 24.3 Å². The van der Waals surface area contributed by atoms with Gasteiger partial charge in [-0.2, -0.15) is 4.31 Å². The molecule has 8 heteroatoms. The number of carbonyl (C=O) groups is 1. The number of hydrogen-bond acceptors (Lipinski definition) is 5. The Morgan fingerprint density at radius 2 is 1.67 bits per heavy atom. The summed E-state index contributed by atoms with van der Waals surface area (Å²) in [6.45, 7) is 8.75. The van der Waals surface area contributed by atoms with Crippen molar-refractivity contribution in [2.45, 2.75) is 57.4 Å². The van der Waals surface area contributed by atoms with Crippen molar-refractivity contribution < 1.29 is 17.9 Å². The SMILES string of the molecule is CCOc1ccc(S(=O)(=O)N2CCN(CC(=O)c3cc(C)n(C4CCCC4)c3C)CC2)cc1. The molecule has 2 aromatic rings. The second-order valence-corrected chi connectivity index (χ2v) is 11.0. The molecule has 2 heterocycles. The first kappa shape index (κ1) is 24.0. The maximum atomic E-state index is 13.1. The second-order valence-electron chi connectivity index (χ2n) is 9.10. The van der Waals surface area contributed by atoms with Gasteiger partial charge >= 0.3 is 0 Å². The Labute approximate surface area is 197 Å². The van der Waals surface area contributed by atoms with E-state index in [0.717, 1.165) is 17.0 Å². The van der Waals surface area contributed by atoms with Crippen LogP contribution >= 0.6 is 0 Å². The molecule has 2 fully saturated rings. The lowest BCUT2D eigenvalue weighted by molar-refractivity contribution is 0.0901. The van der Waals surface area contributed by atoms with Gasteiger partial charge in [0.25, 0.3) is 0 Å². The van der Waals surface area contributed by atoms with E-state index in [4.69, 9.17) is 4.74 Å². The fourth-order valence-electron chi connectivity index (χ4n) is 5.22. The van der Waals surface area contributed by atoms with Gasteiger partial charge in [-0.1, -0.05) is 12.8 Å². The molecule has 0 unspecified atom stereocenters. The van der Waals surface area contributed by atoms with Crippen molar-refractivity contribution >= 4 is 15.8 Å². The Kier molecular flexibility index (Phi) is 7.26. The molecule has 1 aliphatic carbocycles. The Bertz CT molecular complexity index is 1080. The molecule has 1 aromatic heterocycles. The molecule has 1 aromatic carbocycles. The lowest BCUT2D eigenvalue weighted by Gasteiger charge is -2.33. The zero-order valence-corrected chi connectivity index (χ0v) is 20.7. The molecule has 2 aliphatic rings. The number of carbonyl (C=O) groups excluding carboxylic acids is 1. The van der Waals surface area contributed by atoms with Crippen molar-refractivity contribution in [2.24, 2.45) is 0 Å². The van der Waals surface area contributed by atoms with Crippen LogP contribution in [0.1, 0.15) is 60.4 Å². The molecule has 33 heavy (non-hydrogen) atoms. The van der Waals surface area contributed by atoms with Crippen LogP contribution in [0.2, 0.25) is 0 Å². The molecule has 0 spiro atoms. The van der Waals surface area contributed by atoms with Crippen molar-refractivity contribution in [1.82, 2.24) is 13.8 Å². The number of ketones is 1. The molecule has 4 rings (SSSR count). The minimum Gasteiger partial charge on any atom is -0.494 e. The predicted octanol–water partition coefficient (Wildman–Crippen LogP) is 3.81. The summed E-state index contributed by atoms with van der Waals surface area (Å²) in [6.07, 6.45) is 4.90. The first-order valence-corrected chi connectivity index (χ1v) is 13.4. The van der Waals surface area contributed by atoms with Gasteiger partial charge in [0.1, 0.15) is 5.75 Å². The van der Waals surface area contributed by atoms with Crippen molar-refractivity contribution in [3.8, 4) is 5.75 Å². The number of aromatic nitrogens is 1. The molecule has 1 saturated carbocycles. The van der Waals surface area contributed by atoms with E-state index in [1.807, 2.05) is 13.0 Å². The maximum absolute atomic E-state index is 13.1. The summed E-state index contributed by atoms with van der Waals surface area (Å²) in [5.74, 6) is 0.780. The summed E-state index contributed by atoms with van der Waals surface area (Å²) in [5.41, 5.74) is 3.04. The minimum absolute atomic E-state index is 0.121. The predicted molar refractivity (Wildman–Crippen MR) is 129 cm³/mol. The van der Waals surface area contributed by atoms with Gasteiger partial charge in [0.05, 0.1) is 18.0 Å². The van der Waals surface area contributed by atoms with Crippen LogP contribution in [0.25, 0.3) is 0 Å². The van der Waals surface area contributed by atoms with E-state index < -0.39 is 10.0 Å². The normalized spacial score (nSPS) is 18.6. The third kappa shape index (κ3) is 5.03. The van der Waals surface area contributed by atoms with Crippen molar-refractivity contribution in [3.63, 3.8) is 0 Å². The minimum atomic E-state index is -3.55. The van der Waals surface area contributed by atoms with Crippen molar-refractivity contribution in [2.75, 3.05) is 39.3 Å². The van der Waals surface area contributed by atoms with Crippen LogP contribution in [0.5, 0.6) is 5.75 Å². The third-order valence-corrected chi connectivity index (χ3v) is 8.86. The highest BCUT2D eigenvalue weighted by atomic mass is 32.2. The Morgan fingerprint density at radius 1 is 1.03 bits per heavy atom. The van der Waals surface area contributed by atoms with Gasteiger partial charge in [-0.3, -0.25) is 9.69 Å². The smallest absolute Gasteiger partial charge is 0.243 e. The largest absolute Gasteiger partial charge is 0.494 e. The van der Waals surface area contributed by atoms with Crippen LogP contribution in [-0.2, 0) is 10.0 Å². The van der Waals surface area contributed by atoms with Crippen LogP contribution in [-0.4, -0.2) is 67.3 Å². The summed E-state index contributed by atoms with van der Waals surface area (Å²) < 4.78 is 35.3. The number of sulfonamides is 1. The van der Waals surface area contributed by atoms with E-state index in [1.165, 1.54) is 30.0 Å². The van der Waals surface area contributed by atoms with Gasteiger partial charge in [-0.15, -0.1) is 0 Å². The quantitative estimate of drug-likeness (QED) is 0.545. The standard InChI is InChI=1S/C25H35N3O4S/c1-4-32-22-9-11-23(12-10-22)33(30,31)27-15-13-26(14-16-27)18-25(29)24-17-19(2)28(20(24)3)21-7-5-6-8-21/h9-12,17,21H,4-8,13-16,18H2,1-3H3. The number of nitrogens with zero attached hydrogens (tertiary/aromatic N) is 3. The number of piperazine rings is 1. The molecule has 0 atom stereocenters. The molecule has 180 valence electrons. The number of aryl methyl sites for hydroxylation is 1. The Morgan fingerprint density at radius 3 is 2.27 bits per heavy atom. The monoisotopic (exact) mass is 473 g/mol. The van der Waals surface area contributed by atoms with Gasteiger partial charge < -0.3 is 9.30 Å². The van der Waals surface area contributed by atoms with Gasteiger partial charge in [0.2, 0.25) is 10.0 Å². The number of hydrogen-bond donors (Lipinski definition) is 0. The van der Waals surface area contributed by atoms with Gasteiger partial charge in [-0.05, 0) is 63.9 Å². The maximum Gasteiger partial charge on any atom is 0.243 e. The van der Waals surface area contributed by atoms with Crippen molar-refractivity contribution in [1.29, 1.82) is 0 Å². The number of Topliss-reactive ketones (excluding diaryl/α,β-unsaturated/α-hetero) is 1. The Balaban J connectivity index is 1.36. The zero-order chi connectivity index (χ0) is 23.6. The number of rotatable bonds is 8. The van der Waals surface area contributed by atoms with E-state index in [2.05, 4.69) is 23.3 Å².